The van der Waals surface area contributed by atoms with Gasteiger partial charge in [-0.1, -0.05) is 20.8 Å². The van der Waals surface area contributed by atoms with Crippen LogP contribution in [0.25, 0.3) is 0 Å². The second-order valence-electron chi connectivity index (χ2n) is 6.10. The standard InChI is InChI=1S/C12H22O4Si/c1-12(2,3)17(4,5)15-8-10-6-9(13)7-11(14)16-10/h10H,6-8H2,1-5H3/t10-/m0/s1. The first kappa shape index (κ1) is 14.4. The van der Waals surface area contributed by atoms with Gasteiger partial charge in [0.05, 0.1) is 6.61 Å². The lowest BCUT2D eigenvalue weighted by Crippen LogP contribution is -2.44. The van der Waals surface area contributed by atoms with Gasteiger partial charge in [-0.15, -0.1) is 0 Å². The Kier molecular flexibility index (Phi) is 4.14. The van der Waals surface area contributed by atoms with Crippen molar-refractivity contribution in [2.24, 2.45) is 0 Å². The van der Waals surface area contributed by atoms with Crippen molar-refractivity contribution in [3.05, 3.63) is 0 Å². The van der Waals surface area contributed by atoms with Gasteiger partial charge in [0.1, 0.15) is 18.3 Å². The molecule has 0 aromatic heterocycles. The summed E-state index contributed by atoms with van der Waals surface area (Å²) in [5, 5.41) is 0.121. The molecule has 0 radical (unpaired) electrons. The van der Waals surface area contributed by atoms with E-state index >= 15 is 0 Å². The van der Waals surface area contributed by atoms with Crippen molar-refractivity contribution < 1.29 is 18.8 Å². The van der Waals surface area contributed by atoms with Crippen LogP contribution in [0.3, 0.4) is 0 Å². The monoisotopic (exact) mass is 258 g/mol. The van der Waals surface area contributed by atoms with E-state index in [-0.39, 0.29) is 17.2 Å². The predicted molar refractivity (Wildman–Crippen MR) is 67.3 cm³/mol. The van der Waals surface area contributed by atoms with Gasteiger partial charge < -0.3 is 9.16 Å². The van der Waals surface area contributed by atoms with Gasteiger partial charge in [-0.05, 0) is 18.1 Å². The summed E-state index contributed by atoms with van der Waals surface area (Å²) < 4.78 is 11.0. The van der Waals surface area contributed by atoms with Crippen LogP contribution in [0.5, 0.6) is 0 Å². The fraction of sp³-hybridized carbons (Fsp3) is 0.833. The lowest BCUT2D eigenvalue weighted by atomic mass is 10.1. The smallest absolute Gasteiger partial charge is 0.313 e. The Hall–Kier alpha value is -0.683. The van der Waals surface area contributed by atoms with E-state index in [2.05, 4.69) is 33.9 Å². The van der Waals surface area contributed by atoms with Gasteiger partial charge in [0.2, 0.25) is 0 Å². The predicted octanol–water partition coefficient (Wildman–Crippen LogP) is 2.28. The maximum atomic E-state index is 11.3. The van der Waals surface area contributed by atoms with Crippen molar-refractivity contribution in [2.45, 2.75) is 57.8 Å². The van der Waals surface area contributed by atoms with Crippen molar-refractivity contribution in [3.63, 3.8) is 0 Å². The molecule has 0 saturated carbocycles. The van der Waals surface area contributed by atoms with E-state index in [1.807, 2.05) is 0 Å². The summed E-state index contributed by atoms with van der Waals surface area (Å²) in [6.07, 6.45) is -0.186. The van der Waals surface area contributed by atoms with E-state index < -0.39 is 20.4 Å². The Labute approximate surface area is 104 Å². The normalized spacial score (nSPS) is 22.5. The number of hydrogen-bond acceptors (Lipinski definition) is 4. The molecule has 1 atom stereocenters. The Bertz CT molecular complexity index is 301. The Balaban J connectivity index is 2.51. The Morgan fingerprint density at radius 3 is 2.41 bits per heavy atom. The fourth-order valence-electron chi connectivity index (χ4n) is 1.37. The summed E-state index contributed by atoms with van der Waals surface area (Å²) in [4.78, 5) is 22.4. The fourth-order valence-corrected chi connectivity index (χ4v) is 2.40. The van der Waals surface area contributed by atoms with Crippen LogP contribution in [0.15, 0.2) is 0 Å². The van der Waals surface area contributed by atoms with E-state index in [0.717, 1.165) is 0 Å². The number of carbonyl (C=O) groups excluding carboxylic acids is 2. The number of rotatable bonds is 3. The van der Waals surface area contributed by atoms with Crippen LogP contribution in [0, 0.1) is 0 Å². The summed E-state index contributed by atoms with van der Waals surface area (Å²) in [6.45, 7) is 11.1. The molecule has 0 aromatic carbocycles. The minimum absolute atomic E-state index is 0.0509. The van der Waals surface area contributed by atoms with E-state index in [1.54, 1.807) is 0 Å². The molecule has 1 saturated heterocycles. The maximum absolute atomic E-state index is 11.3. The highest BCUT2D eigenvalue weighted by Crippen LogP contribution is 2.36. The molecule has 1 fully saturated rings. The van der Waals surface area contributed by atoms with Crippen LogP contribution in [0.1, 0.15) is 33.6 Å². The first-order valence-corrected chi connectivity index (χ1v) is 8.88. The molecule has 5 heteroatoms. The molecule has 4 nitrogen and oxygen atoms in total. The maximum Gasteiger partial charge on any atom is 0.313 e. The van der Waals surface area contributed by atoms with Crippen LogP contribution < -0.4 is 0 Å². The molecule has 0 N–H and O–H groups in total. The minimum atomic E-state index is -1.84. The number of carbonyl (C=O) groups is 2. The third-order valence-electron chi connectivity index (χ3n) is 3.53. The van der Waals surface area contributed by atoms with Crippen LogP contribution in [-0.4, -0.2) is 32.8 Å². The van der Waals surface area contributed by atoms with E-state index in [1.165, 1.54) is 0 Å². The molecule has 1 aliphatic rings. The number of ether oxygens (including phenoxy) is 1. The number of esters is 1. The molecular formula is C12H22O4Si. The molecule has 1 heterocycles. The largest absolute Gasteiger partial charge is 0.459 e. The van der Waals surface area contributed by atoms with E-state index in [9.17, 15) is 9.59 Å². The third-order valence-corrected chi connectivity index (χ3v) is 8.03. The van der Waals surface area contributed by atoms with Crippen molar-refractivity contribution in [1.82, 2.24) is 0 Å². The summed E-state index contributed by atoms with van der Waals surface area (Å²) in [5.41, 5.74) is 0. The van der Waals surface area contributed by atoms with Crippen molar-refractivity contribution in [3.8, 4) is 0 Å². The molecule has 0 aromatic rings. The summed E-state index contributed by atoms with van der Waals surface area (Å²) in [7, 11) is -1.84. The van der Waals surface area contributed by atoms with Crippen molar-refractivity contribution >= 4 is 20.1 Å². The zero-order chi connectivity index (χ0) is 13.3. The summed E-state index contributed by atoms with van der Waals surface area (Å²) in [5.74, 6) is -0.477. The second-order valence-corrected chi connectivity index (χ2v) is 10.9. The van der Waals surface area contributed by atoms with Crippen molar-refractivity contribution in [2.75, 3.05) is 6.61 Å². The first-order valence-electron chi connectivity index (χ1n) is 5.97. The van der Waals surface area contributed by atoms with Gasteiger partial charge in [-0.3, -0.25) is 9.59 Å². The van der Waals surface area contributed by atoms with Crippen LogP contribution in [0.4, 0.5) is 0 Å². The average molecular weight is 258 g/mol. The number of ketones is 1. The van der Waals surface area contributed by atoms with Gasteiger partial charge in [-0.25, -0.2) is 0 Å². The molecule has 1 rings (SSSR count). The molecule has 0 spiro atoms. The SMILES string of the molecule is CC(C)(C)[Si](C)(C)OC[C@@H]1CC(=O)CC(=O)O1. The van der Waals surface area contributed by atoms with Crippen LogP contribution in [-0.2, 0) is 18.8 Å². The highest BCUT2D eigenvalue weighted by molar-refractivity contribution is 6.74. The quantitative estimate of drug-likeness (QED) is 0.443. The topological polar surface area (TPSA) is 52.6 Å². The minimum Gasteiger partial charge on any atom is -0.459 e. The Morgan fingerprint density at radius 1 is 1.35 bits per heavy atom. The van der Waals surface area contributed by atoms with Gasteiger partial charge >= 0.3 is 5.97 Å². The molecule has 0 bridgehead atoms. The highest BCUT2D eigenvalue weighted by Gasteiger charge is 2.38. The number of cyclic esters (lactones) is 1. The first-order chi connectivity index (χ1) is 7.62. The second kappa shape index (κ2) is 4.90. The molecule has 0 unspecified atom stereocenters. The molecular weight excluding hydrogens is 236 g/mol. The lowest BCUT2D eigenvalue weighted by Gasteiger charge is -2.37. The molecule has 0 amide bonds. The van der Waals surface area contributed by atoms with E-state index in [4.69, 9.17) is 9.16 Å². The Morgan fingerprint density at radius 2 is 1.94 bits per heavy atom. The molecule has 98 valence electrons. The van der Waals surface area contributed by atoms with Gasteiger partial charge in [0.15, 0.2) is 8.32 Å². The molecule has 1 aliphatic heterocycles. The number of Topliss-reactive ketones (excluding diaryl/α,β-unsaturated/α-hetero) is 1. The average Bonchev–Trinajstić information content (AvgIpc) is 2.11. The van der Waals surface area contributed by atoms with Crippen LogP contribution >= 0.6 is 0 Å². The van der Waals surface area contributed by atoms with Gasteiger partial charge in [-0.2, -0.15) is 0 Å². The van der Waals surface area contributed by atoms with E-state index in [0.29, 0.717) is 13.0 Å². The van der Waals surface area contributed by atoms with Gasteiger partial charge in [0, 0.05) is 6.42 Å². The third kappa shape index (κ3) is 3.92. The summed E-state index contributed by atoms with van der Waals surface area (Å²) in [6, 6.07) is 0. The number of hydrogen-bond donors (Lipinski definition) is 0. The molecule has 17 heavy (non-hydrogen) atoms. The van der Waals surface area contributed by atoms with Crippen LogP contribution in [0.2, 0.25) is 18.1 Å². The zero-order valence-electron chi connectivity index (χ0n) is 11.3. The van der Waals surface area contributed by atoms with Gasteiger partial charge in [0.25, 0.3) is 0 Å². The zero-order valence-corrected chi connectivity index (χ0v) is 12.3. The molecule has 0 aliphatic carbocycles. The lowest BCUT2D eigenvalue weighted by molar-refractivity contribution is -0.159. The highest BCUT2D eigenvalue weighted by atomic mass is 28.4. The summed E-state index contributed by atoms with van der Waals surface area (Å²) >= 11 is 0. The van der Waals surface area contributed by atoms with Crippen molar-refractivity contribution in [1.29, 1.82) is 0 Å².